The number of halogens is 1. The van der Waals surface area contributed by atoms with Crippen LogP contribution in [0.2, 0.25) is 0 Å². The zero-order valence-corrected chi connectivity index (χ0v) is 13.8. The van der Waals surface area contributed by atoms with Gasteiger partial charge in [-0.05, 0) is 44.1 Å². The summed E-state index contributed by atoms with van der Waals surface area (Å²) in [7, 11) is 3.88. The predicted octanol–water partition coefficient (Wildman–Crippen LogP) is 1.78. The van der Waals surface area contributed by atoms with Crippen molar-refractivity contribution in [1.29, 1.82) is 0 Å². The van der Waals surface area contributed by atoms with Crippen LogP contribution in [0.3, 0.4) is 0 Å². The van der Waals surface area contributed by atoms with E-state index < -0.39 is 17.6 Å². The molecule has 0 bridgehead atoms. The van der Waals surface area contributed by atoms with Gasteiger partial charge >= 0.3 is 11.8 Å². The van der Waals surface area contributed by atoms with Gasteiger partial charge in [-0.2, -0.15) is 0 Å². The summed E-state index contributed by atoms with van der Waals surface area (Å²) < 4.78 is 13.6. The molecule has 0 unspecified atom stereocenters. The molecule has 0 spiro atoms. The van der Waals surface area contributed by atoms with Crippen LogP contribution in [0.4, 0.5) is 10.1 Å². The van der Waals surface area contributed by atoms with E-state index in [1.54, 1.807) is 13.0 Å². The maximum absolute atomic E-state index is 13.6. The predicted molar refractivity (Wildman–Crippen MR) is 85.1 cm³/mol. The molecule has 0 fully saturated rings. The number of anilines is 1. The lowest BCUT2D eigenvalue weighted by Crippen LogP contribution is -2.43. The first-order chi connectivity index (χ1) is 10.1. The molecule has 0 aliphatic rings. The zero-order valence-electron chi connectivity index (χ0n) is 13.8. The standard InChI is InChI=1S/C16H24FN3O2/c1-11-6-7-12(17)13(8-11)19-15(22)14(21)18-9-16(2,3)10-20(4)5/h6-8H,9-10H2,1-5H3,(H,18,21)(H,19,22). The van der Waals surface area contributed by atoms with E-state index in [0.29, 0.717) is 6.54 Å². The molecule has 5 nitrogen and oxygen atoms in total. The Morgan fingerprint density at radius 1 is 1.23 bits per heavy atom. The van der Waals surface area contributed by atoms with Crippen LogP contribution >= 0.6 is 0 Å². The Hall–Kier alpha value is -1.95. The second-order valence-corrected chi connectivity index (χ2v) is 6.52. The Kier molecular flexibility index (Phi) is 6.05. The van der Waals surface area contributed by atoms with Crippen molar-refractivity contribution in [1.82, 2.24) is 10.2 Å². The highest BCUT2D eigenvalue weighted by molar-refractivity contribution is 6.39. The number of hydrogen-bond donors (Lipinski definition) is 2. The Labute approximate surface area is 130 Å². The highest BCUT2D eigenvalue weighted by Gasteiger charge is 2.22. The first-order valence-electron chi connectivity index (χ1n) is 7.11. The van der Waals surface area contributed by atoms with Crippen LogP contribution in [-0.4, -0.2) is 43.9 Å². The first-order valence-corrected chi connectivity index (χ1v) is 7.11. The summed E-state index contributed by atoms with van der Waals surface area (Å²) in [6.45, 7) is 6.88. The van der Waals surface area contributed by atoms with Gasteiger partial charge in [0.25, 0.3) is 0 Å². The molecule has 1 aromatic rings. The van der Waals surface area contributed by atoms with E-state index in [0.717, 1.165) is 12.1 Å². The van der Waals surface area contributed by atoms with E-state index in [2.05, 4.69) is 10.6 Å². The van der Waals surface area contributed by atoms with E-state index in [1.807, 2.05) is 32.8 Å². The van der Waals surface area contributed by atoms with Gasteiger partial charge in [0.2, 0.25) is 0 Å². The molecule has 0 heterocycles. The van der Waals surface area contributed by atoms with Crippen molar-refractivity contribution in [3.8, 4) is 0 Å². The number of carbonyl (C=O) groups is 2. The van der Waals surface area contributed by atoms with E-state index in [1.165, 1.54) is 12.1 Å². The third-order valence-electron chi connectivity index (χ3n) is 3.05. The molecule has 22 heavy (non-hydrogen) atoms. The normalized spacial score (nSPS) is 11.4. The number of amides is 2. The monoisotopic (exact) mass is 309 g/mol. The number of carbonyl (C=O) groups excluding carboxylic acids is 2. The molecule has 2 amide bonds. The lowest BCUT2D eigenvalue weighted by Gasteiger charge is -2.28. The quantitative estimate of drug-likeness (QED) is 0.815. The van der Waals surface area contributed by atoms with Crippen molar-refractivity contribution in [2.24, 2.45) is 5.41 Å². The van der Waals surface area contributed by atoms with Crippen molar-refractivity contribution in [3.63, 3.8) is 0 Å². The molecule has 1 aromatic carbocycles. The van der Waals surface area contributed by atoms with Crippen molar-refractivity contribution >= 4 is 17.5 Å². The molecule has 1 rings (SSSR count). The number of nitrogens with zero attached hydrogens (tertiary/aromatic N) is 1. The lowest BCUT2D eigenvalue weighted by atomic mass is 9.93. The Bertz CT molecular complexity index is 556. The second-order valence-electron chi connectivity index (χ2n) is 6.52. The van der Waals surface area contributed by atoms with Gasteiger partial charge in [0.15, 0.2) is 0 Å². The number of nitrogens with one attached hydrogen (secondary N) is 2. The van der Waals surface area contributed by atoms with E-state index >= 15 is 0 Å². The minimum absolute atomic E-state index is 0.00713. The van der Waals surface area contributed by atoms with Crippen LogP contribution in [-0.2, 0) is 9.59 Å². The molecule has 0 atom stereocenters. The molecule has 2 N–H and O–H groups in total. The van der Waals surface area contributed by atoms with Gasteiger partial charge in [-0.1, -0.05) is 19.9 Å². The Balaban J connectivity index is 2.59. The molecule has 122 valence electrons. The summed E-state index contributed by atoms with van der Waals surface area (Å²) in [6, 6.07) is 4.33. The average Bonchev–Trinajstić information content (AvgIpc) is 2.38. The molecular formula is C16H24FN3O2. The number of aryl methyl sites for hydroxylation is 1. The van der Waals surface area contributed by atoms with Gasteiger partial charge in [0, 0.05) is 13.1 Å². The fraction of sp³-hybridized carbons (Fsp3) is 0.500. The molecular weight excluding hydrogens is 285 g/mol. The molecule has 0 radical (unpaired) electrons. The summed E-state index contributed by atoms with van der Waals surface area (Å²) in [4.78, 5) is 25.6. The second kappa shape index (κ2) is 7.35. The molecule has 0 aromatic heterocycles. The van der Waals surface area contributed by atoms with Crippen LogP contribution in [0, 0.1) is 18.2 Å². The van der Waals surface area contributed by atoms with E-state index in [4.69, 9.17) is 0 Å². The van der Waals surface area contributed by atoms with Gasteiger partial charge in [-0.15, -0.1) is 0 Å². The van der Waals surface area contributed by atoms with Gasteiger partial charge in [0.1, 0.15) is 5.82 Å². The number of hydrogen-bond acceptors (Lipinski definition) is 3. The maximum atomic E-state index is 13.6. The number of rotatable bonds is 5. The fourth-order valence-corrected chi connectivity index (χ4v) is 2.23. The minimum atomic E-state index is -0.870. The van der Waals surface area contributed by atoms with Crippen LogP contribution < -0.4 is 10.6 Å². The molecule has 0 aliphatic heterocycles. The average molecular weight is 309 g/mol. The highest BCUT2D eigenvalue weighted by Crippen LogP contribution is 2.16. The van der Waals surface area contributed by atoms with Crippen LogP contribution in [0.5, 0.6) is 0 Å². The molecule has 0 aliphatic carbocycles. The SMILES string of the molecule is Cc1ccc(F)c(NC(=O)C(=O)NCC(C)(C)CN(C)C)c1. The summed E-state index contributed by atoms with van der Waals surface area (Å²) in [5, 5.41) is 4.87. The summed E-state index contributed by atoms with van der Waals surface area (Å²) in [5.41, 5.74) is 0.630. The van der Waals surface area contributed by atoms with Crippen molar-refractivity contribution < 1.29 is 14.0 Å². The van der Waals surface area contributed by atoms with E-state index in [-0.39, 0.29) is 11.1 Å². The molecule has 0 saturated heterocycles. The molecule has 0 saturated carbocycles. The summed E-state index contributed by atoms with van der Waals surface area (Å²) in [5.74, 6) is -2.21. The van der Waals surface area contributed by atoms with Gasteiger partial charge in [0.05, 0.1) is 5.69 Å². The minimum Gasteiger partial charge on any atom is -0.347 e. The van der Waals surface area contributed by atoms with E-state index in [9.17, 15) is 14.0 Å². The van der Waals surface area contributed by atoms with Crippen LogP contribution in [0.15, 0.2) is 18.2 Å². The maximum Gasteiger partial charge on any atom is 0.313 e. The van der Waals surface area contributed by atoms with Gasteiger partial charge in [-0.3, -0.25) is 9.59 Å². The summed E-state index contributed by atoms with van der Waals surface area (Å²) in [6.07, 6.45) is 0. The Morgan fingerprint density at radius 3 is 2.45 bits per heavy atom. The largest absolute Gasteiger partial charge is 0.347 e. The topological polar surface area (TPSA) is 61.4 Å². The number of benzene rings is 1. The van der Waals surface area contributed by atoms with Crippen molar-refractivity contribution in [2.45, 2.75) is 20.8 Å². The van der Waals surface area contributed by atoms with Crippen molar-refractivity contribution in [2.75, 3.05) is 32.5 Å². The molecule has 6 heteroatoms. The Morgan fingerprint density at radius 2 is 1.86 bits per heavy atom. The fourth-order valence-electron chi connectivity index (χ4n) is 2.23. The first kappa shape index (κ1) is 18.1. The van der Waals surface area contributed by atoms with Crippen LogP contribution in [0.25, 0.3) is 0 Å². The van der Waals surface area contributed by atoms with Gasteiger partial charge < -0.3 is 15.5 Å². The zero-order chi connectivity index (χ0) is 16.9. The van der Waals surface area contributed by atoms with Crippen LogP contribution in [0.1, 0.15) is 19.4 Å². The lowest BCUT2D eigenvalue weighted by molar-refractivity contribution is -0.136. The third-order valence-corrected chi connectivity index (χ3v) is 3.05. The van der Waals surface area contributed by atoms with Gasteiger partial charge in [-0.25, -0.2) is 4.39 Å². The van der Waals surface area contributed by atoms with Crippen molar-refractivity contribution in [3.05, 3.63) is 29.6 Å². The summed E-state index contributed by atoms with van der Waals surface area (Å²) >= 11 is 0. The third kappa shape index (κ3) is 5.81. The smallest absolute Gasteiger partial charge is 0.313 e. The highest BCUT2D eigenvalue weighted by atomic mass is 19.1.